The molecule has 2 aromatic rings. The molecule has 1 amide bonds. The first-order valence-electron chi connectivity index (χ1n) is 8.81. The number of hydrogen-bond donors (Lipinski definition) is 1. The Hall–Kier alpha value is -1.85. The lowest BCUT2D eigenvalue weighted by atomic mass is 9.97. The Bertz CT molecular complexity index is 828. The third-order valence-corrected chi connectivity index (χ3v) is 6.19. The van der Waals surface area contributed by atoms with Gasteiger partial charge in [0.2, 0.25) is 0 Å². The van der Waals surface area contributed by atoms with Crippen LogP contribution < -0.4 is 5.32 Å². The second-order valence-corrected chi connectivity index (χ2v) is 8.13. The van der Waals surface area contributed by atoms with Crippen molar-refractivity contribution in [1.29, 1.82) is 0 Å². The van der Waals surface area contributed by atoms with Gasteiger partial charge in [0.05, 0.1) is 26.5 Å². The van der Waals surface area contributed by atoms with Gasteiger partial charge in [-0.2, -0.15) is 0 Å². The van der Waals surface area contributed by atoms with Crippen molar-refractivity contribution in [3.8, 4) is 0 Å². The average Bonchev–Trinajstić information content (AvgIpc) is 3.11. The van der Waals surface area contributed by atoms with Crippen LogP contribution in [0.3, 0.4) is 0 Å². The molecule has 1 N–H and O–H groups in total. The minimum atomic E-state index is -1.32. The molecule has 0 saturated carbocycles. The molecule has 1 heterocycles. The Balaban J connectivity index is 1.52. The van der Waals surface area contributed by atoms with Crippen molar-refractivity contribution in [2.24, 2.45) is 0 Å². The van der Waals surface area contributed by atoms with Crippen molar-refractivity contribution in [2.75, 3.05) is 6.54 Å². The van der Waals surface area contributed by atoms with Crippen LogP contribution in [0.2, 0.25) is 5.02 Å². The molecule has 0 unspecified atom stereocenters. The molecule has 3 rings (SSSR count). The number of furan rings is 1. The summed E-state index contributed by atoms with van der Waals surface area (Å²) in [5.74, 6) is 0.692. The summed E-state index contributed by atoms with van der Waals surface area (Å²) in [6.45, 7) is 0.603. The van der Waals surface area contributed by atoms with Gasteiger partial charge < -0.3 is 9.73 Å². The molecule has 0 fully saturated rings. The van der Waals surface area contributed by atoms with Gasteiger partial charge in [0, 0.05) is 6.54 Å². The second kappa shape index (κ2) is 9.19. The highest BCUT2D eigenvalue weighted by Crippen LogP contribution is 2.22. The number of carbonyl (C=O) groups excluding carboxylic acids is 1. The van der Waals surface area contributed by atoms with E-state index in [9.17, 15) is 9.00 Å². The van der Waals surface area contributed by atoms with Crippen LogP contribution in [0.25, 0.3) is 0 Å². The lowest BCUT2D eigenvalue weighted by molar-refractivity contribution is 0.0925. The van der Waals surface area contributed by atoms with E-state index in [0.717, 1.165) is 19.3 Å². The topological polar surface area (TPSA) is 59.3 Å². The summed E-state index contributed by atoms with van der Waals surface area (Å²) >= 11 is 6.07. The molecule has 26 heavy (non-hydrogen) atoms. The molecule has 1 atom stereocenters. The normalized spacial score (nSPS) is 15.3. The second-order valence-electron chi connectivity index (χ2n) is 6.30. The molecule has 0 saturated heterocycles. The van der Waals surface area contributed by atoms with Crippen LogP contribution in [0, 0.1) is 0 Å². The van der Waals surface area contributed by atoms with Crippen LogP contribution in [0.15, 0.2) is 57.4 Å². The Morgan fingerprint density at radius 2 is 2.04 bits per heavy atom. The first-order chi connectivity index (χ1) is 12.6. The average molecular weight is 392 g/mol. The minimum absolute atomic E-state index is 0.184. The monoisotopic (exact) mass is 391 g/mol. The molecule has 0 radical (unpaired) electrons. The third-order valence-electron chi connectivity index (χ3n) is 4.36. The van der Waals surface area contributed by atoms with E-state index >= 15 is 0 Å². The fourth-order valence-electron chi connectivity index (χ4n) is 2.97. The lowest BCUT2D eigenvalue weighted by Crippen LogP contribution is -2.24. The quantitative estimate of drug-likeness (QED) is 0.685. The van der Waals surface area contributed by atoms with E-state index in [-0.39, 0.29) is 17.4 Å². The molecule has 1 aliphatic carbocycles. The third kappa shape index (κ3) is 5.08. The zero-order valence-electron chi connectivity index (χ0n) is 14.5. The van der Waals surface area contributed by atoms with Crippen molar-refractivity contribution in [2.45, 2.75) is 42.8 Å². The van der Waals surface area contributed by atoms with Crippen LogP contribution in [-0.4, -0.2) is 16.7 Å². The van der Waals surface area contributed by atoms with Crippen LogP contribution in [0.5, 0.6) is 0 Å². The zero-order valence-corrected chi connectivity index (χ0v) is 16.1. The summed E-state index contributed by atoms with van der Waals surface area (Å²) in [7, 11) is -1.32. The fraction of sp³-hybridized carbons (Fsp3) is 0.350. The molecule has 138 valence electrons. The van der Waals surface area contributed by atoms with Gasteiger partial charge in [-0.1, -0.05) is 35.4 Å². The first-order valence-corrected chi connectivity index (χ1v) is 10.5. The fourth-order valence-corrected chi connectivity index (χ4v) is 4.45. The van der Waals surface area contributed by atoms with Crippen molar-refractivity contribution >= 4 is 28.3 Å². The SMILES string of the molecule is O=C(NCCC1=CCCCC1)c1ccc(C[S@@](=O)c2ccccc2Cl)o1. The van der Waals surface area contributed by atoms with Crippen LogP contribution in [-0.2, 0) is 16.6 Å². The van der Waals surface area contributed by atoms with Crippen LogP contribution >= 0.6 is 11.6 Å². The van der Waals surface area contributed by atoms with Crippen molar-refractivity contribution in [3.05, 3.63) is 64.6 Å². The van der Waals surface area contributed by atoms with Crippen LogP contribution in [0.1, 0.15) is 48.4 Å². The van der Waals surface area contributed by atoms with Gasteiger partial charge in [-0.25, -0.2) is 0 Å². The van der Waals surface area contributed by atoms with Gasteiger partial charge in [-0.3, -0.25) is 9.00 Å². The molecule has 0 aliphatic heterocycles. The van der Waals surface area contributed by atoms with E-state index in [0.29, 0.717) is 22.2 Å². The number of amides is 1. The number of nitrogens with one attached hydrogen (secondary N) is 1. The van der Waals surface area contributed by atoms with Gasteiger partial charge in [-0.15, -0.1) is 0 Å². The molecular weight excluding hydrogens is 370 g/mol. The first kappa shape index (κ1) is 18.9. The highest BCUT2D eigenvalue weighted by atomic mass is 35.5. The summed E-state index contributed by atoms with van der Waals surface area (Å²) in [5, 5.41) is 3.35. The molecule has 4 nitrogen and oxygen atoms in total. The number of carbonyl (C=O) groups is 1. The zero-order chi connectivity index (χ0) is 18.4. The Labute approximate surface area is 161 Å². The Morgan fingerprint density at radius 1 is 1.19 bits per heavy atom. The maximum absolute atomic E-state index is 12.4. The maximum atomic E-state index is 12.4. The van der Waals surface area contributed by atoms with E-state index in [1.165, 1.54) is 18.4 Å². The Kier molecular flexibility index (Phi) is 6.69. The molecule has 1 aliphatic rings. The summed E-state index contributed by atoms with van der Waals surface area (Å²) in [4.78, 5) is 12.8. The molecule has 0 bridgehead atoms. The molecule has 1 aromatic carbocycles. The predicted molar refractivity (Wildman–Crippen MR) is 104 cm³/mol. The van der Waals surface area contributed by atoms with Crippen molar-refractivity contribution in [1.82, 2.24) is 5.32 Å². The Morgan fingerprint density at radius 3 is 2.81 bits per heavy atom. The molecule has 1 aromatic heterocycles. The summed E-state index contributed by atoms with van der Waals surface area (Å²) < 4.78 is 18.0. The van der Waals surface area contributed by atoms with E-state index in [1.807, 2.05) is 0 Å². The van der Waals surface area contributed by atoms with Gasteiger partial charge in [0.1, 0.15) is 5.76 Å². The van der Waals surface area contributed by atoms with E-state index < -0.39 is 10.8 Å². The lowest BCUT2D eigenvalue weighted by Gasteiger charge is -2.12. The predicted octanol–water partition coefficient (Wildman–Crippen LogP) is 4.86. The van der Waals surface area contributed by atoms with E-state index in [2.05, 4.69) is 11.4 Å². The number of hydrogen-bond acceptors (Lipinski definition) is 3. The van der Waals surface area contributed by atoms with Gasteiger partial charge in [0.25, 0.3) is 5.91 Å². The van der Waals surface area contributed by atoms with E-state index in [1.54, 1.807) is 36.4 Å². The molecule has 6 heteroatoms. The maximum Gasteiger partial charge on any atom is 0.287 e. The largest absolute Gasteiger partial charge is 0.455 e. The van der Waals surface area contributed by atoms with Crippen LogP contribution in [0.4, 0.5) is 0 Å². The van der Waals surface area contributed by atoms with Crippen molar-refractivity contribution in [3.63, 3.8) is 0 Å². The van der Waals surface area contributed by atoms with Crippen molar-refractivity contribution < 1.29 is 13.4 Å². The van der Waals surface area contributed by atoms with E-state index in [4.69, 9.17) is 16.0 Å². The highest BCUT2D eigenvalue weighted by Gasteiger charge is 2.15. The van der Waals surface area contributed by atoms with Gasteiger partial charge in [0.15, 0.2) is 5.76 Å². The number of allylic oxidation sites excluding steroid dienone is 1. The van der Waals surface area contributed by atoms with Gasteiger partial charge >= 0.3 is 0 Å². The van der Waals surface area contributed by atoms with Gasteiger partial charge in [-0.05, 0) is 56.4 Å². The highest BCUT2D eigenvalue weighted by molar-refractivity contribution is 7.84. The summed E-state index contributed by atoms with van der Waals surface area (Å²) in [6.07, 6.45) is 7.95. The number of benzene rings is 1. The summed E-state index contributed by atoms with van der Waals surface area (Å²) in [5.41, 5.74) is 1.42. The minimum Gasteiger partial charge on any atom is -0.455 e. The molecular formula is C20H22ClNO3S. The number of rotatable bonds is 7. The smallest absolute Gasteiger partial charge is 0.287 e. The number of halogens is 1. The standard InChI is InChI=1S/C20H22ClNO3S/c21-17-8-4-5-9-19(17)26(24)14-16-10-11-18(25-16)20(23)22-13-12-15-6-2-1-3-7-15/h4-6,8-11H,1-3,7,12-14H2,(H,22,23)/t26-/m1/s1. The summed E-state index contributed by atoms with van der Waals surface area (Å²) in [6, 6.07) is 10.3. The molecule has 0 spiro atoms.